The van der Waals surface area contributed by atoms with E-state index in [9.17, 15) is 4.21 Å². The van der Waals surface area contributed by atoms with E-state index in [1.54, 1.807) is 14.2 Å². The van der Waals surface area contributed by atoms with Crippen molar-refractivity contribution in [3.63, 3.8) is 0 Å². The van der Waals surface area contributed by atoms with Crippen LogP contribution in [0.5, 0.6) is 5.75 Å². The highest BCUT2D eigenvalue weighted by molar-refractivity contribution is 7.85. The minimum Gasteiger partial charge on any atom is -0.497 e. The molecule has 3 rings (SSSR count). The Balaban J connectivity index is 1.54. The van der Waals surface area contributed by atoms with E-state index >= 15 is 0 Å². The van der Waals surface area contributed by atoms with Gasteiger partial charge in [-0.2, -0.15) is 0 Å². The largest absolute Gasteiger partial charge is 0.497 e. The molecule has 2 unspecified atom stereocenters. The van der Waals surface area contributed by atoms with Gasteiger partial charge in [-0.05, 0) is 55.8 Å². The Morgan fingerprint density at radius 3 is 2.43 bits per heavy atom. The fourth-order valence-electron chi connectivity index (χ4n) is 3.70. The van der Waals surface area contributed by atoms with Gasteiger partial charge in [0.25, 0.3) is 0 Å². The second-order valence-corrected chi connectivity index (χ2v) is 8.85. The number of likely N-dealkylation sites (tertiary alicyclic amines) is 1. The first-order valence-electron chi connectivity index (χ1n) is 10.5. The Morgan fingerprint density at radius 2 is 1.80 bits per heavy atom. The first kappa shape index (κ1) is 22.3. The van der Waals surface area contributed by atoms with Gasteiger partial charge < -0.3 is 15.4 Å². The molecule has 0 aliphatic carbocycles. The second-order valence-electron chi connectivity index (χ2n) is 7.27. The highest BCUT2D eigenvalue weighted by Crippen LogP contribution is 2.26. The van der Waals surface area contributed by atoms with Gasteiger partial charge in [0.15, 0.2) is 5.96 Å². The van der Waals surface area contributed by atoms with Gasteiger partial charge in [0, 0.05) is 30.8 Å². The Bertz CT molecular complexity index is 821. The molecule has 162 valence electrons. The van der Waals surface area contributed by atoms with Crippen molar-refractivity contribution < 1.29 is 8.95 Å². The number of nitrogens with zero attached hydrogens (tertiary/aromatic N) is 2. The number of nitrogens with one attached hydrogen (secondary N) is 2. The van der Waals surface area contributed by atoms with Crippen LogP contribution in [0.15, 0.2) is 64.5 Å². The number of hydrogen-bond acceptors (Lipinski definition) is 4. The first-order chi connectivity index (χ1) is 14.7. The molecule has 0 amide bonds. The van der Waals surface area contributed by atoms with E-state index in [1.165, 1.54) is 18.4 Å². The van der Waals surface area contributed by atoms with Gasteiger partial charge in [0.1, 0.15) is 5.75 Å². The van der Waals surface area contributed by atoms with Crippen molar-refractivity contribution in [1.82, 2.24) is 15.5 Å². The number of aliphatic imine (C=N–C) groups is 1. The monoisotopic (exact) mass is 428 g/mol. The summed E-state index contributed by atoms with van der Waals surface area (Å²) in [7, 11) is 2.44. The van der Waals surface area contributed by atoms with E-state index < -0.39 is 10.8 Å². The smallest absolute Gasteiger partial charge is 0.191 e. The summed E-state index contributed by atoms with van der Waals surface area (Å²) in [5, 5.41) is 6.75. The molecule has 2 N–H and O–H groups in total. The van der Waals surface area contributed by atoms with Gasteiger partial charge in [0.05, 0.1) is 24.0 Å². The van der Waals surface area contributed by atoms with Gasteiger partial charge in [-0.1, -0.05) is 30.3 Å². The Morgan fingerprint density at radius 1 is 1.10 bits per heavy atom. The summed E-state index contributed by atoms with van der Waals surface area (Å²) in [6, 6.07) is 18.2. The molecule has 2 atom stereocenters. The lowest BCUT2D eigenvalue weighted by molar-refractivity contribution is 0.245. The maximum absolute atomic E-state index is 12.4. The molecule has 1 aliphatic heterocycles. The third-order valence-corrected chi connectivity index (χ3v) is 6.73. The third-order valence-electron chi connectivity index (χ3n) is 5.35. The van der Waals surface area contributed by atoms with E-state index in [4.69, 9.17) is 4.74 Å². The molecule has 0 saturated carbocycles. The Kier molecular flexibility index (Phi) is 8.71. The van der Waals surface area contributed by atoms with Crippen LogP contribution in [-0.2, 0) is 10.8 Å². The summed E-state index contributed by atoms with van der Waals surface area (Å²) < 4.78 is 17.7. The summed E-state index contributed by atoms with van der Waals surface area (Å²) in [6.45, 7) is 3.58. The Labute approximate surface area is 182 Å². The molecule has 1 fully saturated rings. The lowest BCUT2D eigenvalue weighted by Crippen LogP contribution is -2.43. The van der Waals surface area contributed by atoms with Crippen molar-refractivity contribution in [2.75, 3.05) is 46.1 Å². The number of hydrogen-bond donors (Lipinski definition) is 2. The zero-order valence-electron chi connectivity index (χ0n) is 17.8. The van der Waals surface area contributed by atoms with E-state index in [0.29, 0.717) is 12.3 Å². The molecule has 1 aliphatic rings. The predicted molar refractivity (Wildman–Crippen MR) is 124 cm³/mol. The molecule has 0 bridgehead atoms. The molecule has 30 heavy (non-hydrogen) atoms. The van der Waals surface area contributed by atoms with Crippen molar-refractivity contribution in [3.05, 3.63) is 60.2 Å². The van der Waals surface area contributed by atoms with Crippen LogP contribution in [-0.4, -0.2) is 61.2 Å². The molecule has 0 radical (unpaired) electrons. The Hall–Kier alpha value is -2.38. The van der Waals surface area contributed by atoms with Gasteiger partial charge in [0.2, 0.25) is 0 Å². The maximum Gasteiger partial charge on any atom is 0.191 e. The molecule has 2 aromatic rings. The third kappa shape index (κ3) is 6.31. The SMILES string of the molecule is CN=C(NCCS(=O)c1ccccc1)NCC(c1ccc(OC)cc1)N1CCCC1. The summed E-state index contributed by atoms with van der Waals surface area (Å²) in [5.41, 5.74) is 1.27. The standard InChI is InChI=1S/C23H32N4O2S/c1-24-23(25-14-17-30(28)21-8-4-3-5-9-21)26-18-22(27-15-6-7-16-27)19-10-12-20(29-2)13-11-19/h3-5,8-13,22H,6-7,14-18H2,1-2H3,(H2,24,25,26). The highest BCUT2D eigenvalue weighted by Gasteiger charge is 2.23. The number of ether oxygens (including phenoxy) is 1. The van der Waals surface area contributed by atoms with Crippen molar-refractivity contribution in [3.8, 4) is 5.75 Å². The quantitative estimate of drug-likeness (QED) is 0.475. The van der Waals surface area contributed by atoms with Crippen molar-refractivity contribution in [2.45, 2.75) is 23.8 Å². The van der Waals surface area contributed by atoms with Crippen LogP contribution in [0.1, 0.15) is 24.4 Å². The molecule has 0 aromatic heterocycles. The van der Waals surface area contributed by atoms with E-state index in [0.717, 1.165) is 36.2 Å². The zero-order chi connectivity index (χ0) is 21.2. The van der Waals surface area contributed by atoms with Gasteiger partial charge >= 0.3 is 0 Å². The van der Waals surface area contributed by atoms with Crippen LogP contribution in [0.3, 0.4) is 0 Å². The minimum atomic E-state index is -1.01. The zero-order valence-corrected chi connectivity index (χ0v) is 18.7. The van der Waals surface area contributed by atoms with Crippen LogP contribution in [0.2, 0.25) is 0 Å². The minimum absolute atomic E-state index is 0.274. The van der Waals surface area contributed by atoms with Crippen LogP contribution in [0.4, 0.5) is 0 Å². The molecule has 0 spiro atoms. The first-order valence-corrected chi connectivity index (χ1v) is 11.8. The summed E-state index contributed by atoms with van der Waals surface area (Å²) in [4.78, 5) is 7.71. The molecular formula is C23H32N4O2S. The number of methoxy groups -OCH3 is 1. The van der Waals surface area contributed by atoms with Crippen molar-refractivity contribution >= 4 is 16.8 Å². The van der Waals surface area contributed by atoms with Crippen LogP contribution in [0.25, 0.3) is 0 Å². The fraction of sp³-hybridized carbons (Fsp3) is 0.435. The van der Waals surface area contributed by atoms with E-state index in [-0.39, 0.29) is 6.04 Å². The molecule has 2 aromatic carbocycles. The normalized spacial score (nSPS) is 16.8. The lowest BCUT2D eigenvalue weighted by atomic mass is 10.1. The van der Waals surface area contributed by atoms with E-state index in [1.807, 2.05) is 42.5 Å². The number of benzene rings is 2. The van der Waals surface area contributed by atoms with Crippen LogP contribution in [0, 0.1) is 0 Å². The van der Waals surface area contributed by atoms with Gasteiger partial charge in [-0.15, -0.1) is 0 Å². The van der Waals surface area contributed by atoms with Crippen molar-refractivity contribution in [2.24, 2.45) is 4.99 Å². The predicted octanol–water partition coefficient (Wildman–Crippen LogP) is 2.80. The summed E-state index contributed by atoms with van der Waals surface area (Å²) in [5.74, 6) is 2.15. The number of rotatable bonds is 9. The molecular weight excluding hydrogens is 396 g/mol. The van der Waals surface area contributed by atoms with E-state index in [2.05, 4.69) is 32.7 Å². The summed E-state index contributed by atoms with van der Waals surface area (Å²) >= 11 is 0. The fourth-order valence-corrected chi connectivity index (χ4v) is 4.69. The number of guanidine groups is 1. The lowest BCUT2D eigenvalue weighted by Gasteiger charge is -2.29. The average Bonchev–Trinajstić information content (AvgIpc) is 3.33. The van der Waals surface area contributed by atoms with Crippen LogP contribution < -0.4 is 15.4 Å². The second kappa shape index (κ2) is 11.7. The van der Waals surface area contributed by atoms with Crippen molar-refractivity contribution in [1.29, 1.82) is 0 Å². The average molecular weight is 429 g/mol. The highest BCUT2D eigenvalue weighted by atomic mass is 32.2. The topological polar surface area (TPSA) is 66.0 Å². The molecule has 7 heteroatoms. The molecule has 6 nitrogen and oxygen atoms in total. The molecule has 1 saturated heterocycles. The van der Waals surface area contributed by atoms with Gasteiger partial charge in [-0.25, -0.2) is 0 Å². The maximum atomic E-state index is 12.4. The summed E-state index contributed by atoms with van der Waals surface area (Å²) in [6.07, 6.45) is 2.48. The van der Waals surface area contributed by atoms with Gasteiger partial charge in [-0.3, -0.25) is 14.1 Å². The van der Waals surface area contributed by atoms with Crippen LogP contribution >= 0.6 is 0 Å². The molecule has 1 heterocycles.